The highest BCUT2D eigenvalue weighted by molar-refractivity contribution is 7.45. The quantitative estimate of drug-likeness (QED) is 0.237. The van der Waals surface area contributed by atoms with Gasteiger partial charge in [0.05, 0.1) is 0 Å². The summed E-state index contributed by atoms with van der Waals surface area (Å²) in [5.41, 5.74) is 0. The molecular formula is C5H13O19P. The number of rotatable bonds is 0. The summed E-state index contributed by atoms with van der Waals surface area (Å²) in [6.07, 6.45) is -9.17. The number of carbonyl (C=O) groups is 5. The Morgan fingerprint density at radius 3 is 0.400 bits per heavy atom. The average Bonchev–Trinajstić information content (AvgIpc) is 2.06. The van der Waals surface area contributed by atoms with Crippen LogP contribution in [0.15, 0.2) is 0 Å². The molecular weight excluding hydrogens is 395 g/mol. The summed E-state index contributed by atoms with van der Waals surface area (Å²) in [4.78, 5) is 64.3. The molecule has 19 nitrogen and oxygen atoms in total. The van der Waals surface area contributed by atoms with Gasteiger partial charge < -0.3 is 65.7 Å². The molecule has 0 spiro atoms. The highest BCUT2D eigenvalue weighted by Gasteiger charge is 2.00. The fourth-order valence-electron chi connectivity index (χ4n) is 0. The molecule has 0 aliphatic carbocycles. The number of carboxylic acid groups (broad SMARTS) is 10. The number of hydrogen-bond donors (Lipinski definition) is 13. The van der Waals surface area contributed by atoms with Crippen LogP contribution < -0.4 is 0 Å². The van der Waals surface area contributed by atoms with Crippen molar-refractivity contribution in [1.82, 2.24) is 0 Å². The largest absolute Gasteiger partial charge is 0.503 e. The van der Waals surface area contributed by atoms with Crippen molar-refractivity contribution < 1.29 is 94.3 Å². The van der Waals surface area contributed by atoms with Crippen molar-refractivity contribution in [2.45, 2.75) is 0 Å². The van der Waals surface area contributed by atoms with Crippen LogP contribution in [0, 0.1) is 0 Å². The zero-order valence-corrected chi connectivity index (χ0v) is 12.1. The van der Waals surface area contributed by atoms with E-state index in [2.05, 4.69) is 0 Å². The molecule has 0 heterocycles. The van der Waals surface area contributed by atoms with Crippen molar-refractivity contribution in [2.24, 2.45) is 0 Å². The van der Waals surface area contributed by atoms with Gasteiger partial charge in [0.15, 0.2) is 0 Å². The predicted octanol–water partition coefficient (Wildman–Crippen LogP) is 0.183. The van der Waals surface area contributed by atoms with Crippen molar-refractivity contribution in [3.05, 3.63) is 0 Å². The van der Waals surface area contributed by atoms with Crippen molar-refractivity contribution in [3.8, 4) is 0 Å². The molecule has 0 saturated heterocycles. The second-order valence-electron chi connectivity index (χ2n) is 1.93. The van der Waals surface area contributed by atoms with E-state index in [0.717, 1.165) is 0 Å². The second-order valence-corrected chi connectivity index (χ2v) is 2.95. The molecule has 0 atom stereocenters. The third-order valence-electron chi connectivity index (χ3n) is 0. The van der Waals surface area contributed by atoms with Crippen LogP contribution in [-0.4, -0.2) is 96.5 Å². The van der Waals surface area contributed by atoms with Gasteiger partial charge in [0, 0.05) is 0 Å². The molecule has 0 aromatic carbocycles. The standard InChI is InChI=1S/5CH2O3.H3O4P/c5*2-1(3)4;1-5(2,3)4/h5*(H2,2,3,4);(H3,1,2,3,4). The first-order chi connectivity index (χ1) is 10.7. The maximum absolute atomic E-state index is 8.88. The van der Waals surface area contributed by atoms with E-state index in [-0.39, 0.29) is 0 Å². The number of hydrogen-bond acceptors (Lipinski definition) is 6. The Morgan fingerprint density at radius 2 is 0.400 bits per heavy atom. The lowest BCUT2D eigenvalue weighted by atomic mass is 11.5. The minimum Gasteiger partial charge on any atom is -0.450 e. The van der Waals surface area contributed by atoms with Gasteiger partial charge in [-0.25, -0.2) is 28.5 Å². The second kappa shape index (κ2) is 25.4. The first kappa shape index (κ1) is 37.6. The van der Waals surface area contributed by atoms with Gasteiger partial charge in [-0.1, -0.05) is 0 Å². The zero-order valence-electron chi connectivity index (χ0n) is 11.2. The molecule has 0 amide bonds. The molecule has 0 saturated carbocycles. The molecule has 0 aliphatic heterocycles. The molecule has 0 bridgehead atoms. The van der Waals surface area contributed by atoms with Crippen LogP contribution in [-0.2, 0) is 4.57 Å². The van der Waals surface area contributed by atoms with E-state index in [0.29, 0.717) is 0 Å². The van der Waals surface area contributed by atoms with Crippen molar-refractivity contribution in [3.63, 3.8) is 0 Å². The molecule has 0 radical (unpaired) electrons. The van der Waals surface area contributed by atoms with E-state index in [1.54, 1.807) is 0 Å². The van der Waals surface area contributed by atoms with Crippen molar-refractivity contribution in [2.75, 3.05) is 0 Å². The Labute approximate surface area is 134 Å². The monoisotopic (exact) mass is 408 g/mol. The van der Waals surface area contributed by atoms with Gasteiger partial charge in [0.25, 0.3) is 0 Å². The third kappa shape index (κ3) is 556. The van der Waals surface area contributed by atoms with Crippen molar-refractivity contribution >= 4 is 38.6 Å². The summed E-state index contributed by atoms with van der Waals surface area (Å²) in [7, 11) is -4.64. The molecule has 0 aliphatic rings. The Kier molecular flexibility index (Phi) is 38.2. The van der Waals surface area contributed by atoms with Crippen molar-refractivity contribution in [1.29, 1.82) is 0 Å². The highest BCUT2D eigenvalue weighted by Crippen LogP contribution is 2.25. The Balaban J connectivity index is -0.0000000434. The topological polar surface area (TPSA) is 365 Å². The third-order valence-corrected chi connectivity index (χ3v) is 0. The van der Waals surface area contributed by atoms with Crippen LogP contribution in [0.3, 0.4) is 0 Å². The number of phosphoric acid groups is 1. The summed E-state index contributed by atoms with van der Waals surface area (Å²) in [5.74, 6) is 0. The molecule has 20 heteroatoms. The Bertz CT molecular complexity index is 320. The molecule has 152 valence electrons. The predicted molar refractivity (Wildman–Crippen MR) is 67.5 cm³/mol. The molecule has 0 unspecified atom stereocenters. The van der Waals surface area contributed by atoms with Gasteiger partial charge >= 0.3 is 38.6 Å². The van der Waals surface area contributed by atoms with Gasteiger partial charge in [0.1, 0.15) is 0 Å². The maximum atomic E-state index is 8.88. The Hall–Kier alpha value is -3.54. The van der Waals surface area contributed by atoms with Gasteiger partial charge in [0.2, 0.25) is 0 Å². The highest BCUT2D eigenvalue weighted by atomic mass is 31.2. The molecule has 0 aromatic rings. The van der Waals surface area contributed by atoms with Crippen LogP contribution in [0.4, 0.5) is 24.0 Å². The average molecular weight is 408 g/mol. The minimum absolute atomic E-state index is 1.83. The summed E-state index contributed by atoms with van der Waals surface area (Å²) in [6, 6.07) is 0. The summed E-state index contributed by atoms with van der Waals surface area (Å²) < 4.78 is 8.88. The molecule has 0 fully saturated rings. The molecule has 0 rings (SSSR count). The SMILES string of the molecule is O=C(O)O.O=C(O)O.O=C(O)O.O=C(O)O.O=C(O)O.O=P(O)(O)O. The molecule has 25 heavy (non-hydrogen) atoms. The van der Waals surface area contributed by atoms with Crippen LogP contribution in [0.2, 0.25) is 0 Å². The van der Waals surface area contributed by atoms with Crippen LogP contribution in [0.25, 0.3) is 0 Å². The normalized spacial score (nSPS) is 7.16. The fourth-order valence-corrected chi connectivity index (χ4v) is 0. The van der Waals surface area contributed by atoms with Crippen LogP contribution in [0.1, 0.15) is 0 Å². The lowest BCUT2D eigenvalue weighted by Crippen LogP contribution is -1.81. The van der Waals surface area contributed by atoms with Crippen LogP contribution in [0.5, 0.6) is 0 Å². The molecule has 0 aromatic heterocycles. The van der Waals surface area contributed by atoms with Gasteiger partial charge in [-0.05, 0) is 0 Å². The van der Waals surface area contributed by atoms with Gasteiger partial charge in [-0.3, -0.25) is 0 Å². The van der Waals surface area contributed by atoms with E-state index in [9.17, 15) is 0 Å². The maximum Gasteiger partial charge on any atom is 0.503 e. The Morgan fingerprint density at radius 1 is 0.400 bits per heavy atom. The van der Waals surface area contributed by atoms with E-state index in [1.807, 2.05) is 0 Å². The fraction of sp³-hybridized carbons (Fsp3) is 0. The zero-order chi connectivity index (χ0) is 22.4. The lowest BCUT2D eigenvalue weighted by Gasteiger charge is -1.82. The summed E-state index contributed by atoms with van der Waals surface area (Å²) >= 11 is 0. The van der Waals surface area contributed by atoms with E-state index < -0.39 is 38.6 Å². The van der Waals surface area contributed by atoms with Gasteiger partial charge in [-0.2, -0.15) is 0 Å². The van der Waals surface area contributed by atoms with E-state index in [4.69, 9.17) is 94.3 Å². The summed E-state index contributed by atoms with van der Waals surface area (Å²) in [6.45, 7) is 0. The summed E-state index contributed by atoms with van der Waals surface area (Å²) in [5, 5.41) is 69.7. The minimum atomic E-state index is -4.64. The first-order valence-corrected chi connectivity index (χ1v) is 5.60. The van der Waals surface area contributed by atoms with E-state index >= 15 is 0 Å². The smallest absolute Gasteiger partial charge is 0.450 e. The first-order valence-electron chi connectivity index (χ1n) is 4.04. The van der Waals surface area contributed by atoms with Crippen LogP contribution >= 0.6 is 7.82 Å². The van der Waals surface area contributed by atoms with E-state index in [1.165, 1.54) is 0 Å². The molecule has 13 N–H and O–H groups in total. The van der Waals surface area contributed by atoms with Gasteiger partial charge in [-0.15, -0.1) is 0 Å². The lowest BCUT2D eigenvalue weighted by molar-refractivity contribution is 0.135.